The van der Waals surface area contributed by atoms with E-state index in [1.54, 1.807) is 0 Å². The number of hydrogen-bond acceptors (Lipinski definition) is 3. The Bertz CT molecular complexity index is 801. The largest absolute Gasteiger partial charge is 0.399 e. The number of anilines is 1. The van der Waals surface area contributed by atoms with Crippen LogP contribution in [0.2, 0.25) is 0 Å². The zero-order valence-electron chi connectivity index (χ0n) is 11.7. The fraction of sp³-hybridized carbons (Fsp3) is 0.118. The highest BCUT2D eigenvalue weighted by molar-refractivity contribution is 7.09. The molecule has 3 aromatic rings. The molecule has 0 spiro atoms. The van der Waals surface area contributed by atoms with Gasteiger partial charge in [-0.25, -0.2) is 0 Å². The summed E-state index contributed by atoms with van der Waals surface area (Å²) in [6, 6.07) is 17.7. The fourth-order valence-electron chi connectivity index (χ4n) is 2.42. The molecule has 0 fully saturated rings. The van der Waals surface area contributed by atoms with Crippen LogP contribution in [0.4, 0.5) is 5.69 Å². The Morgan fingerprint density at radius 1 is 1.05 bits per heavy atom. The van der Waals surface area contributed by atoms with Crippen LogP contribution >= 0.6 is 11.3 Å². The maximum Gasteiger partial charge on any atom is 0.308 e. The van der Waals surface area contributed by atoms with Crippen molar-refractivity contribution in [2.45, 2.75) is 13.5 Å². The lowest BCUT2D eigenvalue weighted by Crippen LogP contribution is -2.15. The van der Waals surface area contributed by atoms with Gasteiger partial charge in [0.15, 0.2) is 0 Å². The van der Waals surface area contributed by atoms with Crippen molar-refractivity contribution in [2.75, 3.05) is 5.73 Å². The van der Waals surface area contributed by atoms with Crippen LogP contribution in [0.3, 0.4) is 0 Å². The predicted molar refractivity (Wildman–Crippen MR) is 88.7 cm³/mol. The van der Waals surface area contributed by atoms with Gasteiger partial charge in [-0.15, -0.1) is 0 Å². The van der Waals surface area contributed by atoms with Gasteiger partial charge in [-0.2, -0.15) is 0 Å². The molecule has 0 aliphatic heterocycles. The van der Waals surface area contributed by atoms with Crippen LogP contribution in [0.1, 0.15) is 10.4 Å². The summed E-state index contributed by atoms with van der Waals surface area (Å²) in [6.07, 6.45) is 0. The van der Waals surface area contributed by atoms with Gasteiger partial charge in [0, 0.05) is 10.6 Å². The Kier molecular flexibility index (Phi) is 3.62. The van der Waals surface area contributed by atoms with Crippen molar-refractivity contribution in [3.63, 3.8) is 0 Å². The third-order valence-electron chi connectivity index (χ3n) is 3.43. The van der Waals surface area contributed by atoms with Crippen LogP contribution in [-0.2, 0) is 6.54 Å². The van der Waals surface area contributed by atoms with Crippen LogP contribution in [0, 0.1) is 6.92 Å². The molecule has 2 aromatic carbocycles. The zero-order chi connectivity index (χ0) is 14.8. The number of rotatable bonds is 3. The zero-order valence-corrected chi connectivity index (χ0v) is 12.6. The fourth-order valence-corrected chi connectivity index (χ4v) is 3.27. The molecule has 3 rings (SSSR count). The minimum Gasteiger partial charge on any atom is -0.399 e. The van der Waals surface area contributed by atoms with Crippen LogP contribution in [-0.4, -0.2) is 4.57 Å². The highest BCUT2D eigenvalue weighted by Gasteiger charge is 2.13. The molecule has 0 bridgehead atoms. The van der Waals surface area contributed by atoms with Gasteiger partial charge in [-0.05, 0) is 30.2 Å². The minimum atomic E-state index is 0.0724. The topological polar surface area (TPSA) is 48.0 Å². The summed E-state index contributed by atoms with van der Waals surface area (Å²) in [7, 11) is 0. The molecular weight excluding hydrogens is 280 g/mol. The molecule has 1 aromatic heterocycles. The summed E-state index contributed by atoms with van der Waals surface area (Å²) in [6.45, 7) is 2.56. The maximum absolute atomic E-state index is 12.3. The van der Waals surface area contributed by atoms with Crippen molar-refractivity contribution in [3.05, 3.63) is 74.7 Å². The second-order valence-electron chi connectivity index (χ2n) is 4.97. The lowest BCUT2D eigenvalue weighted by Gasteiger charge is -2.09. The standard InChI is InChI=1S/C17H16N2OS/c1-12-16(14-5-3-2-4-6-14)19(17(20)21-12)11-13-7-9-15(18)10-8-13/h2-10H,11,18H2,1H3. The van der Waals surface area contributed by atoms with Crippen LogP contribution in [0.5, 0.6) is 0 Å². The van der Waals surface area contributed by atoms with Gasteiger partial charge in [-0.1, -0.05) is 53.8 Å². The summed E-state index contributed by atoms with van der Waals surface area (Å²) in [5.74, 6) is 0. The molecule has 0 saturated carbocycles. The average Bonchev–Trinajstić information content (AvgIpc) is 2.76. The number of aromatic nitrogens is 1. The smallest absolute Gasteiger partial charge is 0.308 e. The number of nitrogens with two attached hydrogens (primary N) is 1. The first kappa shape index (κ1) is 13.6. The van der Waals surface area contributed by atoms with Crippen molar-refractivity contribution in [3.8, 4) is 11.3 Å². The van der Waals surface area contributed by atoms with E-state index in [1.165, 1.54) is 11.3 Å². The van der Waals surface area contributed by atoms with Gasteiger partial charge in [-0.3, -0.25) is 9.36 Å². The second kappa shape index (κ2) is 5.58. The Balaban J connectivity index is 2.06. The molecule has 0 aliphatic carbocycles. The van der Waals surface area contributed by atoms with Crippen LogP contribution in [0.25, 0.3) is 11.3 Å². The van der Waals surface area contributed by atoms with E-state index in [9.17, 15) is 4.79 Å². The van der Waals surface area contributed by atoms with Crippen molar-refractivity contribution >= 4 is 17.0 Å². The molecule has 0 saturated heterocycles. The number of hydrogen-bond donors (Lipinski definition) is 1. The predicted octanol–water partition coefficient (Wildman–Crippen LogP) is 3.52. The molecule has 0 aliphatic rings. The van der Waals surface area contributed by atoms with E-state index in [4.69, 9.17) is 5.73 Å². The van der Waals surface area contributed by atoms with Gasteiger partial charge < -0.3 is 5.73 Å². The molecule has 0 radical (unpaired) electrons. The van der Waals surface area contributed by atoms with E-state index >= 15 is 0 Å². The van der Waals surface area contributed by atoms with E-state index in [0.29, 0.717) is 6.54 Å². The van der Waals surface area contributed by atoms with E-state index in [1.807, 2.05) is 66.1 Å². The van der Waals surface area contributed by atoms with E-state index in [0.717, 1.165) is 27.4 Å². The Morgan fingerprint density at radius 3 is 2.38 bits per heavy atom. The van der Waals surface area contributed by atoms with Crippen molar-refractivity contribution in [1.82, 2.24) is 4.57 Å². The first-order valence-electron chi connectivity index (χ1n) is 6.75. The highest BCUT2D eigenvalue weighted by atomic mass is 32.1. The van der Waals surface area contributed by atoms with E-state index < -0.39 is 0 Å². The number of nitrogen functional groups attached to an aromatic ring is 1. The molecule has 3 nitrogen and oxygen atoms in total. The summed E-state index contributed by atoms with van der Waals surface area (Å²) < 4.78 is 1.83. The molecule has 21 heavy (non-hydrogen) atoms. The van der Waals surface area contributed by atoms with E-state index in [2.05, 4.69) is 0 Å². The number of aryl methyl sites for hydroxylation is 1. The summed E-state index contributed by atoms with van der Waals surface area (Å²) in [4.78, 5) is 13.4. The molecule has 0 amide bonds. The Labute approximate surface area is 127 Å². The molecule has 4 heteroatoms. The maximum atomic E-state index is 12.3. The quantitative estimate of drug-likeness (QED) is 0.752. The first-order chi connectivity index (χ1) is 10.1. The van der Waals surface area contributed by atoms with Gasteiger partial charge in [0.05, 0.1) is 12.2 Å². The van der Waals surface area contributed by atoms with Crippen molar-refractivity contribution < 1.29 is 0 Å². The summed E-state index contributed by atoms with van der Waals surface area (Å²) >= 11 is 1.30. The highest BCUT2D eigenvalue weighted by Crippen LogP contribution is 2.25. The van der Waals surface area contributed by atoms with Crippen molar-refractivity contribution in [2.24, 2.45) is 0 Å². The molecule has 2 N–H and O–H groups in total. The monoisotopic (exact) mass is 296 g/mol. The lowest BCUT2D eigenvalue weighted by molar-refractivity contribution is 0.790. The third-order valence-corrected chi connectivity index (χ3v) is 4.33. The lowest BCUT2D eigenvalue weighted by atomic mass is 10.1. The van der Waals surface area contributed by atoms with Crippen molar-refractivity contribution in [1.29, 1.82) is 0 Å². The number of thiazole rings is 1. The second-order valence-corrected chi connectivity index (χ2v) is 6.13. The third kappa shape index (κ3) is 2.76. The molecule has 106 valence electrons. The Hall–Kier alpha value is -2.33. The van der Waals surface area contributed by atoms with Gasteiger partial charge in [0.25, 0.3) is 0 Å². The van der Waals surface area contributed by atoms with Gasteiger partial charge in [0.1, 0.15) is 0 Å². The van der Waals surface area contributed by atoms with Gasteiger partial charge in [0.2, 0.25) is 0 Å². The molecular formula is C17H16N2OS. The molecule has 0 unspecified atom stereocenters. The van der Waals surface area contributed by atoms with E-state index in [-0.39, 0.29) is 4.87 Å². The minimum absolute atomic E-state index is 0.0724. The first-order valence-corrected chi connectivity index (χ1v) is 7.57. The SMILES string of the molecule is Cc1sc(=O)n(Cc2ccc(N)cc2)c1-c1ccccc1. The number of nitrogens with zero attached hydrogens (tertiary/aromatic N) is 1. The number of benzene rings is 2. The Morgan fingerprint density at radius 2 is 1.71 bits per heavy atom. The summed E-state index contributed by atoms with van der Waals surface area (Å²) in [5, 5.41) is 0. The van der Waals surface area contributed by atoms with Crippen LogP contribution in [0.15, 0.2) is 59.4 Å². The normalized spacial score (nSPS) is 10.7. The average molecular weight is 296 g/mol. The molecule has 0 atom stereocenters. The van der Waals surface area contributed by atoms with Gasteiger partial charge >= 0.3 is 4.87 Å². The molecule has 1 heterocycles. The van der Waals surface area contributed by atoms with Crippen LogP contribution < -0.4 is 10.6 Å². The summed E-state index contributed by atoms with van der Waals surface area (Å²) in [5.41, 5.74) is 9.59.